The van der Waals surface area contributed by atoms with Crippen LogP contribution in [0.25, 0.3) is 0 Å². The average molecular weight is 2030 g/mol. The van der Waals surface area contributed by atoms with E-state index in [1.807, 2.05) is 142 Å². The van der Waals surface area contributed by atoms with Gasteiger partial charge in [-0.2, -0.15) is 30.7 Å². The summed E-state index contributed by atoms with van der Waals surface area (Å²) >= 11 is 0. The molecule has 0 spiro atoms. The van der Waals surface area contributed by atoms with Gasteiger partial charge >= 0.3 is 77.5 Å². The molecular weight excluding hydrogens is 1900 g/mol. The molecule has 29 heteroatoms. The second-order valence-corrected chi connectivity index (χ2v) is 45.6. The largest absolute Gasteiger partial charge is 0.468 e. The van der Waals surface area contributed by atoms with Crippen molar-refractivity contribution in [1.29, 1.82) is 0 Å². The summed E-state index contributed by atoms with van der Waals surface area (Å²) < 4.78 is 169. The average Bonchev–Trinajstić information content (AvgIpc) is 1.64. The lowest BCUT2D eigenvalue weighted by molar-refractivity contribution is -0.361. The number of alkyl halides is 9. The molecule has 1 aliphatic heterocycles. The van der Waals surface area contributed by atoms with Crippen molar-refractivity contribution in [3.8, 4) is 17.2 Å². The summed E-state index contributed by atoms with van der Waals surface area (Å²) in [7, 11) is -0.584. The fourth-order valence-corrected chi connectivity index (χ4v) is 25.4. The summed E-state index contributed by atoms with van der Waals surface area (Å²) in [5.74, 6) is -23.9. The van der Waals surface area contributed by atoms with Crippen molar-refractivity contribution < 1.29 is 121 Å². The molecule has 8 aliphatic rings. The highest BCUT2D eigenvalue weighted by atomic mass is 32.2. The van der Waals surface area contributed by atoms with E-state index in [1.165, 1.54) is 51.0 Å². The van der Waals surface area contributed by atoms with Gasteiger partial charge in [0.1, 0.15) is 35.1 Å². The van der Waals surface area contributed by atoms with Gasteiger partial charge in [0, 0.05) is 32.1 Å². The zero-order valence-corrected chi connectivity index (χ0v) is 84.9. The van der Waals surface area contributed by atoms with Crippen LogP contribution in [0.15, 0.2) is 299 Å². The number of hydrogen-bond donors (Lipinski definition) is 0. The van der Waals surface area contributed by atoms with Gasteiger partial charge in [-0.3, -0.25) is 28.8 Å². The molecule has 0 radical (unpaired) electrons. The minimum atomic E-state index is -5.71. The Labute approximate surface area is 834 Å². The number of rotatable bonds is 32. The lowest BCUT2D eigenvalue weighted by atomic mass is 9.49. The van der Waals surface area contributed by atoms with Crippen LogP contribution in [0.2, 0.25) is 0 Å². The Balaban J connectivity index is 0.000000159. The molecule has 0 amide bonds. The van der Waals surface area contributed by atoms with E-state index in [1.54, 1.807) is 0 Å². The highest BCUT2D eigenvalue weighted by Crippen LogP contribution is 2.63. The Hall–Kier alpha value is -10.9. The van der Waals surface area contributed by atoms with E-state index in [2.05, 4.69) is 191 Å². The summed E-state index contributed by atoms with van der Waals surface area (Å²) in [6.07, 6.45) is 2.19. The van der Waals surface area contributed by atoms with E-state index >= 15 is 0 Å². The Kier molecular flexibility index (Phi) is 36.3. The number of carbonyl (C=O) groups is 8. The maximum Gasteiger partial charge on any atom is 0.468 e. The molecule has 1 saturated heterocycles. The number of halogens is 9. The minimum absolute atomic E-state index is 0.0948. The van der Waals surface area contributed by atoms with Crippen molar-refractivity contribution in [2.24, 2.45) is 63.1 Å². The standard InChI is InChI=1S/3C24H25O2S.C21H27F7O5.C20H26F2O6/c3*1-4-24(2,3)23(25)26-19-15-17-22(18-16-19)27(20-11-7-5-8-12-20)21-13-9-6-10-14-21;1-3-31-16(30)20(21(26,27)28,32-5-4-19(24,25)17(2,22)23)33-15(29)18-9-12-6-13(10-18)8-14(7-12)11-18;1-3-20(7-5-4-6-8-20)28-17(24)13-11-9-10-12(13)16(23)26-14(10)15(11)27-18(25)19(2,21)22/h3*5-18H,4H2,1-3H3;12-14H,3-11H2,1-2H3;10-15H,3-9H2,1-2H3/q3*+1;;. The van der Waals surface area contributed by atoms with Gasteiger partial charge in [-0.1, -0.05) is 143 Å². The maximum absolute atomic E-state index is 14.1. The highest BCUT2D eigenvalue weighted by Gasteiger charge is 2.72. The molecule has 760 valence electrons. The lowest BCUT2D eigenvalue weighted by Gasteiger charge is -2.55. The van der Waals surface area contributed by atoms with E-state index < -0.39 is 136 Å². The van der Waals surface area contributed by atoms with Gasteiger partial charge < -0.3 is 42.6 Å². The van der Waals surface area contributed by atoms with Gasteiger partial charge in [0.15, 0.2) is 44.1 Å². The molecular formula is C113H128F9O17S3+3. The van der Waals surface area contributed by atoms with Crippen molar-refractivity contribution in [1.82, 2.24) is 0 Å². The molecule has 6 bridgehead atoms. The molecule has 7 atom stereocenters. The van der Waals surface area contributed by atoms with Crippen LogP contribution in [0.1, 0.15) is 199 Å². The van der Waals surface area contributed by atoms with Gasteiger partial charge in [0.2, 0.25) is 0 Å². The third kappa shape index (κ3) is 26.4. The van der Waals surface area contributed by atoms with E-state index in [-0.39, 0.29) is 81.2 Å². The van der Waals surface area contributed by atoms with E-state index in [0.29, 0.717) is 56.3 Å². The number of carbonyl (C=O) groups excluding carboxylic acids is 8. The first-order chi connectivity index (χ1) is 67.2. The van der Waals surface area contributed by atoms with Crippen molar-refractivity contribution in [3.63, 3.8) is 0 Å². The smallest absolute Gasteiger partial charge is 0.461 e. The van der Waals surface area contributed by atoms with E-state index in [4.69, 9.17) is 33.2 Å². The fourth-order valence-electron chi connectivity index (χ4n) is 19.1. The van der Waals surface area contributed by atoms with Gasteiger partial charge in [-0.25, -0.2) is 18.4 Å². The van der Waals surface area contributed by atoms with Gasteiger partial charge in [0.25, 0.3) is 0 Å². The molecule has 8 fully saturated rings. The van der Waals surface area contributed by atoms with Crippen molar-refractivity contribution >= 4 is 80.4 Å². The van der Waals surface area contributed by atoms with Crippen molar-refractivity contribution in [3.05, 3.63) is 255 Å². The Morgan fingerprint density at radius 3 is 1.04 bits per heavy atom. The predicted molar refractivity (Wildman–Crippen MR) is 523 cm³/mol. The molecule has 7 saturated carbocycles. The molecule has 9 aromatic carbocycles. The molecule has 1 heterocycles. The van der Waals surface area contributed by atoms with Crippen molar-refractivity contribution in [2.45, 2.75) is 291 Å². The number of hydrogen-bond acceptors (Lipinski definition) is 17. The third-order valence-electron chi connectivity index (χ3n) is 28.1. The first-order valence-corrected chi connectivity index (χ1v) is 52.3. The summed E-state index contributed by atoms with van der Waals surface area (Å²) in [6, 6.07) is 86.7. The van der Waals surface area contributed by atoms with E-state index in [9.17, 15) is 77.9 Å². The molecule has 142 heavy (non-hydrogen) atoms. The first kappa shape index (κ1) is 110. The number of benzene rings is 9. The topological polar surface area (TPSA) is 220 Å². The first-order valence-electron chi connectivity index (χ1n) is 48.6. The third-order valence-corrected chi connectivity index (χ3v) is 34.8. The second-order valence-electron chi connectivity index (χ2n) is 39.5. The molecule has 17 nitrogen and oxygen atoms in total. The Morgan fingerprint density at radius 2 is 0.739 bits per heavy atom. The highest BCUT2D eigenvalue weighted by molar-refractivity contribution is 7.97. The zero-order chi connectivity index (χ0) is 103. The summed E-state index contributed by atoms with van der Waals surface area (Å²) in [5, 5.41) is 0. The number of esters is 8. The van der Waals surface area contributed by atoms with Gasteiger partial charge in [-0.05, 0) is 308 Å². The van der Waals surface area contributed by atoms with Crippen LogP contribution < -0.4 is 14.2 Å². The molecule has 0 aromatic heterocycles. The van der Waals surface area contributed by atoms with Crippen molar-refractivity contribution in [2.75, 3.05) is 13.2 Å². The van der Waals surface area contributed by atoms with Crippen LogP contribution in [0.4, 0.5) is 39.5 Å². The quantitative estimate of drug-likeness (QED) is 0.00955. The summed E-state index contributed by atoms with van der Waals surface area (Å²) in [4.78, 5) is 111. The number of ether oxygens (including phenoxy) is 9. The molecule has 17 rings (SSSR count). The Morgan fingerprint density at radius 1 is 0.408 bits per heavy atom. The Bertz CT molecular complexity index is 5180. The monoisotopic (exact) mass is 2020 g/mol. The van der Waals surface area contributed by atoms with Crippen LogP contribution in [-0.4, -0.2) is 109 Å². The molecule has 9 aromatic rings. The molecule has 7 unspecified atom stereocenters. The normalized spacial score (nSPS) is 21.3. The van der Waals surface area contributed by atoms with Crippen LogP contribution >= 0.6 is 0 Å². The lowest BCUT2D eigenvalue weighted by Crippen LogP contribution is -2.61. The maximum atomic E-state index is 14.1. The fraction of sp³-hybridized carbons (Fsp3) is 0.451. The van der Waals surface area contributed by atoms with Crippen LogP contribution in [0.3, 0.4) is 0 Å². The van der Waals surface area contributed by atoms with Crippen LogP contribution in [0.5, 0.6) is 17.2 Å². The zero-order valence-electron chi connectivity index (χ0n) is 82.4. The number of fused-ring (bicyclic) bond motifs is 1. The van der Waals surface area contributed by atoms with Gasteiger partial charge in [0.05, 0.1) is 79.4 Å². The van der Waals surface area contributed by atoms with Gasteiger partial charge in [-0.15, -0.1) is 0 Å². The predicted octanol–water partition coefficient (Wildman–Crippen LogP) is 26.7. The SMILES string of the molecule is CCC(C)(C)C(=O)Oc1ccc([S+](c2ccccc2)c2ccccc2)cc1.CCC(C)(C)C(=O)Oc1ccc([S+](c2ccccc2)c2ccccc2)cc1.CCC(C)(C)C(=O)Oc1ccc([S+](c2ccccc2)c2ccccc2)cc1.CCC1(OC(=O)C2C3CC4C(OC(=O)C42)C3OC(=O)C(C)(F)F)CCCCC1.CCOC(=O)C(OCCC(F)(F)C(C)(F)F)(OC(=O)C12CC3CC(CC(C3)C1)C2)C(F)(F)F. The van der Waals surface area contributed by atoms with E-state index in [0.717, 1.165) is 70.6 Å². The van der Waals surface area contributed by atoms with Crippen LogP contribution in [0, 0.1) is 63.1 Å². The second kappa shape index (κ2) is 46.9. The molecule has 0 N–H and O–H groups in total. The minimum Gasteiger partial charge on any atom is -0.461 e. The molecule has 7 aliphatic carbocycles. The summed E-state index contributed by atoms with van der Waals surface area (Å²) in [5.41, 5.74) is -3.19. The van der Waals surface area contributed by atoms with Crippen LogP contribution in [-0.2, 0) is 99.5 Å². The summed E-state index contributed by atoms with van der Waals surface area (Å²) in [6.45, 7) is 18.8.